The smallest absolute Gasteiger partial charge is 0.324 e. The van der Waals surface area contributed by atoms with Crippen LogP contribution in [0.25, 0.3) is 0 Å². The van der Waals surface area contributed by atoms with Crippen molar-refractivity contribution < 1.29 is 18.0 Å². The second-order valence-corrected chi connectivity index (χ2v) is 5.32. The van der Waals surface area contributed by atoms with Crippen molar-refractivity contribution in [3.63, 3.8) is 0 Å². The Labute approximate surface area is 126 Å². The third kappa shape index (κ3) is 2.98. The summed E-state index contributed by atoms with van der Waals surface area (Å²) < 4.78 is 38.2. The fourth-order valence-electron chi connectivity index (χ4n) is 2.77. The number of carbonyl (C=O) groups is 1. The van der Waals surface area contributed by atoms with Crippen molar-refractivity contribution >= 4 is 5.91 Å². The minimum atomic E-state index is -4.29. The lowest BCUT2D eigenvalue weighted by atomic mass is 10.1. The van der Waals surface area contributed by atoms with Gasteiger partial charge in [-0.1, -0.05) is 48.5 Å². The zero-order valence-electron chi connectivity index (χ0n) is 11.6. The molecule has 2 aromatic rings. The van der Waals surface area contributed by atoms with Crippen LogP contribution in [0, 0.1) is 0 Å². The van der Waals surface area contributed by atoms with Crippen LogP contribution in [0.4, 0.5) is 13.2 Å². The zero-order valence-corrected chi connectivity index (χ0v) is 11.6. The number of nitrogens with zero attached hydrogens (tertiary/aromatic N) is 1. The van der Waals surface area contributed by atoms with Crippen LogP contribution in [-0.2, 0) is 0 Å². The first kappa shape index (κ1) is 14.6. The van der Waals surface area contributed by atoms with Gasteiger partial charge in [0, 0.05) is 5.56 Å². The van der Waals surface area contributed by atoms with Gasteiger partial charge in [-0.05, 0) is 17.7 Å². The number of halogens is 3. The van der Waals surface area contributed by atoms with Gasteiger partial charge in [0.25, 0.3) is 5.91 Å². The lowest BCUT2D eigenvalue weighted by Gasteiger charge is -2.06. The van der Waals surface area contributed by atoms with Crippen molar-refractivity contribution in [3.8, 4) is 0 Å². The molecule has 5 heteroatoms. The predicted molar refractivity (Wildman–Crippen MR) is 76.3 cm³/mol. The highest BCUT2D eigenvalue weighted by Crippen LogP contribution is 2.48. The standard InChI is InChI=1S/C17H14F3NO/c18-17(19,20)11-14-15(12-7-3-1-4-8-12)21(14)16(22)13-9-5-2-6-10-13/h1-10,14-15H,11H2/t14-,15+,21?/m1/s1. The quantitative estimate of drug-likeness (QED) is 0.778. The molecule has 0 aromatic heterocycles. The van der Waals surface area contributed by atoms with Crippen molar-refractivity contribution in [2.24, 2.45) is 0 Å². The van der Waals surface area contributed by atoms with Crippen molar-refractivity contribution in [2.45, 2.75) is 24.7 Å². The maximum atomic E-state index is 12.7. The van der Waals surface area contributed by atoms with Gasteiger partial charge in [0.2, 0.25) is 0 Å². The van der Waals surface area contributed by atoms with Crippen LogP contribution in [0.3, 0.4) is 0 Å². The Bertz CT molecular complexity index is 655. The van der Waals surface area contributed by atoms with E-state index in [1.54, 1.807) is 60.7 Å². The summed E-state index contributed by atoms with van der Waals surface area (Å²) in [5, 5.41) is 0. The molecule has 22 heavy (non-hydrogen) atoms. The third-order valence-electron chi connectivity index (χ3n) is 3.77. The van der Waals surface area contributed by atoms with Crippen LogP contribution in [0.2, 0.25) is 0 Å². The summed E-state index contributed by atoms with van der Waals surface area (Å²) in [7, 11) is 0. The van der Waals surface area contributed by atoms with Crippen molar-refractivity contribution in [3.05, 3.63) is 71.8 Å². The third-order valence-corrected chi connectivity index (χ3v) is 3.77. The molecule has 2 aromatic carbocycles. The Kier molecular flexibility index (Phi) is 3.64. The van der Waals surface area contributed by atoms with Crippen LogP contribution in [0.15, 0.2) is 60.7 Å². The molecule has 1 fully saturated rings. The molecule has 1 aliphatic rings. The predicted octanol–water partition coefficient (Wildman–Crippen LogP) is 4.20. The van der Waals surface area contributed by atoms with Crippen molar-refractivity contribution in [1.29, 1.82) is 0 Å². The summed E-state index contributed by atoms with van der Waals surface area (Å²) in [5.74, 6) is -0.358. The van der Waals surface area contributed by atoms with E-state index in [-0.39, 0.29) is 5.91 Å². The summed E-state index contributed by atoms with van der Waals surface area (Å²) in [6, 6.07) is 15.9. The summed E-state index contributed by atoms with van der Waals surface area (Å²) in [6.45, 7) is 0. The van der Waals surface area contributed by atoms with E-state index in [9.17, 15) is 18.0 Å². The first-order valence-corrected chi connectivity index (χ1v) is 6.97. The molecular formula is C17H14F3NO. The highest BCUT2D eigenvalue weighted by atomic mass is 19.4. The van der Waals surface area contributed by atoms with E-state index < -0.39 is 24.7 Å². The molecule has 1 heterocycles. The average molecular weight is 305 g/mol. The summed E-state index contributed by atoms with van der Waals surface area (Å²) in [4.78, 5) is 13.8. The molecule has 0 spiro atoms. The summed E-state index contributed by atoms with van der Waals surface area (Å²) in [6.07, 6.45) is -5.27. The first-order valence-electron chi connectivity index (χ1n) is 6.97. The zero-order chi connectivity index (χ0) is 15.7. The van der Waals surface area contributed by atoms with Gasteiger partial charge < -0.3 is 4.90 Å². The Balaban J connectivity index is 1.86. The molecule has 114 valence electrons. The van der Waals surface area contributed by atoms with E-state index in [0.717, 1.165) is 5.56 Å². The Hall–Kier alpha value is -2.30. The molecule has 2 atom stereocenters. The molecule has 0 N–H and O–H groups in total. The molecule has 1 amide bonds. The largest absolute Gasteiger partial charge is 0.391 e. The number of rotatable bonds is 3. The Morgan fingerprint density at radius 3 is 2.05 bits per heavy atom. The van der Waals surface area contributed by atoms with Gasteiger partial charge in [0.05, 0.1) is 18.5 Å². The summed E-state index contributed by atoms with van der Waals surface area (Å²) >= 11 is 0. The van der Waals surface area contributed by atoms with Gasteiger partial charge >= 0.3 is 6.18 Å². The van der Waals surface area contributed by atoms with Crippen LogP contribution < -0.4 is 0 Å². The van der Waals surface area contributed by atoms with Crippen molar-refractivity contribution in [1.82, 2.24) is 4.90 Å². The molecule has 1 aliphatic heterocycles. The van der Waals surface area contributed by atoms with E-state index in [1.165, 1.54) is 4.90 Å². The van der Waals surface area contributed by atoms with Gasteiger partial charge in [0.15, 0.2) is 0 Å². The van der Waals surface area contributed by atoms with E-state index in [2.05, 4.69) is 0 Å². The van der Waals surface area contributed by atoms with E-state index in [1.807, 2.05) is 0 Å². The first-order chi connectivity index (χ1) is 10.5. The highest BCUT2D eigenvalue weighted by molar-refractivity contribution is 5.96. The fourth-order valence-corrected chi connectivity index (χ4v) is 2.77. The SMILES string of the molecule is O=C(c1ccccc1)N1[C@H](CC(F)(F)F)[C@@H]1c1ccccc1. The van der Waals surface area contributed by atoms with E-state index in [0.29, 0.717) is 5.56 Å². The topological polar surface area (TPSA) is 20.1 Å². The van der Waals surface area contributed by atoms with Crippen molar-refractivity contribution in [2.75, 3.05) is 0 Å². The molecule has 1 saturated heterocycles. The molecular weight excluding hydrogens is 291 g/mol. The summed E-state index contributed by atoms with van der Waals surface area (Å²) in [5.41, 5.74) is 1.15. The maximum absolute atomic E-state index is 12.7. The number of hydrogen-bond donors (Lipinski definition) is 0. The minimum absolute atomic E-state index is 0.358. The number of alkyl halides is 3. The Morgan fingerprint density at radius 2 is 1.50 bits per heavy atom. The monoisotopic (exact) mass is 305 g/mol. The lowest BCUT2D eigenvalue weighted by molar-refractivity contribution is -0.135. The maximum Gasteiger partial charge on any atom is 0.391 e. The molecule has 0 unspecified atom stereocenters. The normalized spacial score (nSPS) is 20.8. The van der Waals surface area contributed by atoms with Gasteiger partial charge in [-0.2, -0.15) is 13.2 Å². The van der Waals surface area contributed by atoms with Crippen LogP contribution >= 0.6 is 0 Å². The van der Waals surface area contributed by atoms with Crippen LogP contribution in [0.5, 0.6) is 0 Å². The van der Waals surface area contributed by atoms with Crippen LogP contribution in [-0.4, -0.2) is 23.0 Å². The second-order valence-electron chi connectivity index (χ2n) is 5.32. The van der Waals surface area contributed by atoms with E-state index >= 15 is 0 Å². The number of benzene rings is 2. The lowest BCUT2D eigenvalue weighted by Crippen LogP contribution is -2.18. The van der Waals surface area contributed by atoms with E-state index in [4.69, 9.17) is 0 Å². The molecule has 0 radical (unpaired) electrons. The Morgan fingerprint density at radius 1 is 0.955 bits per heavy atom. The minimum Gasteiger partial charge on any atom is -0.324 e. The van der Waals surface area contributed by atoms with Gasteiger partial charge in [-0.25, -0.2) is 0 Å². The number of amides is 1. The fraction of sp³-hybridized carbons (Fsp3) is 0.235. The van der Waals surface area contributed by atoms with Gasteiger partial charge in [-0.3, -0.25) is 4.79 Å². The molecule has 0 bridgehead atoms. The highest BCUT2D eigenvalue weighted by Gasteiger charge is 2.55. The second kappa shape index (κ2) is 5.48. The number of carbonyl (C=O) groups excluding carboxylic acids is 1. The van der Waals surface area contributed by atoms with Gasteiger partial charge in [-0.15, -0.1) is 0 Å². The molecule has 2 nitrogen and oxygen atoms in total. The number of hydrogen-bond acceptors (Lipinski definition) is 1. The van der Waals surface area contributed by atoms with Gasteiger partial charge in [0.1, 0.15) is 0 Å². The molecule has 0 saturated carbocycles. The average Bonchev–Trinajstić information content (AvgIpc) is 3.19. The molecule has 0 aliphatic carbocycles. The van der Waals surface area contributed by atoms with Crippen LogP contribution in [0.1, 0.15) is 28.4 Å². The molecule has 3 rings (SSSR count).